The lowest BCUT2D eigenvalue weighted by molar-refractivity contribution is -0.116. The van der Waals surface area contributed by atoms with Gasteiger partial charge in [0, 0.05) is 30.1 Å². The van der Waals surface area contributed by atoms with E-state index in [1.807, 2.05) is 0 Å². The minimum absolute atomic E-state index is 0.106. The van der Waals surface area contributed by atoms with E-state index in [4.69, 9.17) is 4.74 Å². The largest absolute Gasteiger partial charge is 0.465 e. The van der Waals surface area contributed by atoms with Crippen LogP contribution in [-0.2, 0) is 23.0 Å². The van der Waals surface area contributed by atoms with E-state index in [-0.39, 0.29) is 5.91 Å². The minimum atomic E-state index is -0.461. The van der Waals surface area contributed by atoms with Gasteiger partial charge in [-0.15, -0.1) is 0 Å². The van der Waals surface area contributed by atoms with E-state index in [2.05, 4.69) is 49.0 Å². The summed E-state index contributed by atoms with van der Waals surface area (Å²) in [5.74, 6) is -0.567. The Hall–Kier alpha value is -3.08. The van der Waals surface area contributed by atoms with Gasteiger partial charge in [-0.2, -0.15) is 0 Å². The van der Waals surface area contributed by atoms with Crippen LogP contribution in [0.1, 0.15) is 40.0 Å². The average molecular weight is 378 g/mol. The second-order valence-corrected chi connectivity index (χ2v) is 7.08. The van der Waals surface area contributed by atoms with Crippen molar-refractivity contribution in [1.82, 2.24) is 4.57 Å². The van der Waals surface area contributed by atoms with Crippen LogP contribution in [-0.4, -0.2) is 23.6 Å². The average Bonchev–Trinajstić information content (AvgIpc) is 2.92. The van der Waals surface area contributed by atoms with Crippen molar-refractivity contribution in [1.29, 1.82) is 0 Å². The van der Waals surface area contributed by atoms with Gasteiger partial charge in [-0.1, -0.05) is 23.8 Å². The van der Waals surface area contributed by atoms with Gasteiger partial charge in [-0.3, -0.25) is 4.79 Å². The number of anilines is 1. The first-order valence-corrected chi connectivity index (χ1v) is 9.44. The maximum Gasteiger partial charge on any atom is 0.339 e. The van der Waals surface area contributed by atoms with E-state index in [1.54, 1.807) is 24.3 Å². The fourth-order valence-corrected chi connectivity index (χ4v) is 3.60. The monoisotopic (exact) mass is 378 g/mol. The van der Waals surface area contributed by atoms with Gasteiger partial charge in [0.1, 0.15) is 0 Å². The highest BCUT2D eigenvalue weighted by Crippen LogP contribution is 2.27. The maximum atomic E-state index is 12.4. The zero-order chi connectivity index (χ0) is 20.3. The van der Waals surface area contributed by atoms with Crippen molar-refractivity contribution in [3.8, 4) is 0 Å². The number of ether oxygens (including phenoxy) is 1. The molecule has 0 fully saturated rings. The number of aryl methyl sites for hydroxylation is 3. The first-order chi connectivity index (χ1) is 13.4. The quantitative estimate of drug-likeness (QED) is 0.641. The lowest BCUT2D eigenvalue weighted by Gasteiger charge is -2.09. The Morgan fingerprint density at radius 3 is 2.61 bits per heavy atom. The SMILES string of the molecule is COC(=O)c1ccccc1NC(=O)CCCc1c(C)n(C)c2ccc(C)cc12. The predicted molar refractivity (Wildman–Crippen MR) is 112 cm³/mol. The van der Waals surface area contributed by atoms with Gasteiger partial charge in [0.15, 0.2) is 0 Å². The molecule has 0 aliphatic heterocycles. The van der Waals surface area contributed by atoms with E-state index < -0.39 is 5.97 Å². The molecule has 0 unspecified atom stereocenters. The summed E-state index contributed by atoms with van der Waals surface area (Å²) in [6.07, 6.45) is 1.95. The normalized spacial score (nSPS) is 10.9. The fourth-order valence-electron chi connectivity index (χ4n) is 3.60. The molecule has 0 spiro atoms. The molecule has 1 aromatic heterocycles. The molecule has 5 heteroatoms. The molecule has 5 nitrogen and oxygen atoms in total. The van der Waals surface area contributed by atoms with E-state index >= 15 is 0 Å². The zero-order valence-corrected chi connectivity index (χ0v) is 16.8. The topological polar surface area (TPSA) is 60.3 Å². The highest BCUT2D eigenvalue weighted by atomic mass is 16.5. The highest BCUT2D eigenvalue weighted by molar-refractivity contribution is 6.01. The van der Waals surface area contributed by atoms with E-state index in [0.29, 0.717) is 17.7 Å². The number of hydrogen-bond acceptors (Lipinski definition) is 3. The van der Waals surface area contributed by atoms with Crippen LogP contribution >= 0.6 is 0 Å². The van der Waals surface area contributed by atoms with E-state index in [9.17, 15) is 9.59 Å². The summed E-state index contributed by atoms with van der Waals surface area (Å²) in [6, 6.07) is 13.4. The van der Waals surface area contributed by atoms with Crippen LogP contribution in [0.4, 0.5) is 5.69 Å². The van der Waals surface area contributed by atoms with Crippen LogP contribution < -0.4 is 5.32 Å². The lowest BCUT2D eigenvalue weighted by Crippen LogP contribution is -2.15. The number of rotatable bonds is 6. The van der Waals surface area contributed by atoms with E-state index in [0.717, 1.165) is 12.8 Å². The molecule has 0 saturated heterocycles. The Labute approximate surface area is 165 Å². The first-order valence-electron chi connectivity index (χ1n) is 9.44. The summed E-state index contributed by atoms with van der Waals surface area (Å²) in [5, 5.41) is 4.09. The molecule has 1 N–H and O–H groups in total. The zero-order valence-electron chi connectivity index (χ0n) is 16.8. The summed E-state index contributed by atoms with van der Waals surface area (Å²) < 4.78 is 6.98. The number of para-hydroxylation sites is 1. The van der Waals surface area contributed by atoms with Gasteiger partial charge in [-0.05, 0) is 56.5 Å². The maximum absolute atomic E-state index is 12.4. The molecule has 0 radical (unpaired) electrons. The van der Waals surface area contributed by atoms with Crippen molar-refractivity contribution in [3.63, 3.8) is 0 Å². The summed E-state index contributed by atoms with van der Waals surface area (Å²) in [6.45, 7) is 4.22. The molecule has 0 bridgehead atoms. The van der Waals surface area contributed by atoms with Crippen LogP contribution in [0.3, 0.4) is 0 Å². The summed E-state index contributed by atoms with van der Waals surface area (Å²) >= 11 is 0. The highest BCUT2D eigenvalue weighted by Gasteiger charge is 2.15. The van der Waals surface area contributed by atoms with Gasteiger partial charge in [0.2, 0.25) is 5.91 Å². The van der Waals surface area contributed by atoms with Crippen LogP contribution in [0.15, 0.2) is 42.5 Å². The predicted octanol–water partition coefficient (Wildman–Crippen LogP) is 4.54. The van der Waals surface area contributed by atoms with Crippen LogP contribution in [0, 0.1) is 13.8 Å². The smallest absolute Gasteiger partial charge is 0.339 e. The van der Waals surface area contributed by atoms with Crippen molar-refractivity contribution >= 4 is 28.5 Å². The van der Waals surface area contributed by atoms with Gasteiger partial charge in [0.25, 0.3) is 0 Å². The molecule has 146 valence electrons. The first kappa shape index (κ1) is 19.7. The molecule has 0 aliphatic carbocycles. The van der Waals surface area contributed by atoms with Crippen molar-refractivity contribution < 1.29 is 14.3 Å². The number of nitrogens with one attached hydrogen (secondary N) is 1. The third kappa shape index (κ3) is 3.93. The van der Waals surface area contributed by atoms with Gasteiger partial charge in [-0.25, -0.2) is 4.79 Å². The Kier molecular flexibility index (Phi) is 5.83. The third-order valence-electron chi connectivity index (χ3n) is 5.22. The molecule has 3 aromatic rings. The Balaban J connectivity index is 1.67. The molecular formula is C23H26N2O3. The number of nitrogens with zero attached hydrogens (tertiary/aromatic N) is 1. The van der Waals surface area contributed by atoms with Crippen LogP contribution in [0.2, 0.25) is 0 Å². The second kappa shape index (κ2) is 8.30. The van der Waals surface area contributed by atoms with Gasteiger partial charge in [0.05, 0.1) is 18.4 Å². The molecule has 2 aromatic carbocycles. The van der Waals surface area contributed by atoms with Crippen molar-refractivity contribution in [2.24, 2.45) is 7.05 Å². The van der Waals surface area contributed by atoms with Crippen molar-refractivity contribution in [2.75, 3.05) is 12.4 Å². The molecule has 1 heterocycles. The fraction of sp³-hybridized carbons (Fsp3) is 0.304. The summed E-state index contributed by atoms with van der Waals surface area (Å²) in [5.41, 5.74) is 5.82. The summed E-state index contributed by atoms with van der Waals surface area (Å²) in [4.78, 5) is 24.2. The number of hydrogen-bond donors (Lipinski definition) is 1. The van der Waals surface area contributed by atoms with Crippen molar-refractivity contribution in [3.05, 3.63) is 64.8 Å². The minimum Gasteiger partial charge on any atom is -0.465 e. The van der Waals surface area contributed by atoms with Crippen LogP contribution in [0.25, 0.3) is 10.9 Å². The standard InChI is InChI=1S/C23H26N2O3/c1-15-12-13-21-19(14-15)17(16(2)25(21)3)9-7-11-22(26)24-20-10-6-5-8-18(20)23(27)28-4/h5-6,8,10,12-14H,7,9,11H2,1-4H3,(H,24,26). The number of carbonyl (C=O) groups excluding carboxylic acids is 2. The number of fused-ring (bicyclic) bond motifs is 1. The number of methoxy groups -OCH3 is 1. The molecule has 1 amide bonds. The lowest BCUT2D eigenvalue weighted by atomic mass is 10.0. The Morgan fingerprint density at radius 1 is 1.11 bits per heavy atom. The Bertz CT molecular complexity index is 1030. The van der Waals surface area contributed by atoms with E-state index in [1.165, 1.54) is 34.8 Å². The molecule has 28 heavy (non-hydrogen) atoms. The molecule has 3 rings (SSSR count). The number of esters is 1. The molecule has 0 atom stereocenters. The molecule has 0 saturated carbocycles. The number of benzene rings is 2. The van der Waals surface area contributed by atoms with Crippen molar-refractivity contribution in [2.45, 2.75) is 33.1 Å². The van der Waals surface area contributed by atoms with Crippen LogP contribution in [0.5, 0.6) is 0 Å². The third-order valence-corrected chi connectivity index (χ3v) is 5.22. The van der Waals surface area contributed by atoms with Gasteiger partial charge >= 0.3 is 5.97 Å². The number of carbonyl (C=O) groups is 2. The molecular weight excluding hydrogens is 352 g/mol. The number of amides is 1. The second-order valence-electron chi connectivity index (χ2n) is 7.08. The number of aromatic nitrogens is 1. The summed E-state index contributed by atoms with van der Waals surface area (Å²) in [7, 11) is 3.40. The van der Waals surface area contributed by atoms with Gasteiger partial charge < -0.3 is 14.6 Å². The Morgan fingerprint density at radius 2 is 1.86 bits per heavy atom. The molecule has 0 aliphatic rings.